The summed E-state index contributed by atoms with van der Waals surface area (Å²) in [7, 11) is 0. The molecule has 2 nitrogen and oxygen atoms in total. The van der Waals surface area contributed by atoms with Crippen LogP contribution < -0.4 is 5.32 Å². The van der Waals surface area contributed by atoms with E-state index < -0.39 is 0 Å². The Labute approximate surface area is 88.4 Å². The van der Waals surface area contributed by atoms with Crippen molar-refractivity contribution < 1.29 is 4.74 Å². The summed E-state index contributed by atoms with van der Waals surface area (Å²) in [5.41, 5.74) is -0.0223. The molecule has 0 amide bonds. The van der Waals surface area contributed by atoms with Gasteiger partial charge < -0.3 is 10.1 Å². The molecule has 0 saturated carbocycles. The van der Waals surface area contributed by atoms with Crippen LogP contribution in [0.2, 0.25) is 0 Å². The predicted octanol–water partition coefficient (Wildman–Crippen LogP) is 2.72. The van der Waals surface area contributed by atoms with Crippen LogP contribution in [0.25, 0.3) is 0 Å². The second-order valence-corrected chi connectivity index (χ2v) is 4.95. The summed E-state index contributed by atoms with van der Waals surface area (Å²) >= 11 is 0. The molecule has 3 atom stereocenters. The van der Waals surface area contributed by atoms with Crippen LogP contribution in [0.5, 0.6) is 0 Å². The molecule has 14 heavy (non-hydrogen) atoms. The van der Waals surface area contributed by atoms with Crippen LogP contribution in [-0.2, 0) is 4.74 Å². The molecule has 1 aliphatic heterocycles. The van der Waals surface area contributed by atoms with E-state index in [9.17, 15) is 0 Å². The number of rotatable bonds is 3. The largest absolute Gasteiger partial charge is 0.369 e. The van der Waals surface area contributed by atoms with E-state index in [2.05, 4.69) is 39.9 Å². The Bertz CT molecular complexity index is 179. The molecule has 2 heteroatoms. The summed E-state index contributed by atoms with van der Waals surface area (Å²) < 4.78 is 6.17. The number of hydrogen-bond donors (Lipinski definition) is 1. The fourth-order valence-electron chi connectivity index (χ4n) is 2.13. The minimum absolute atomic E-state index is 0.0223. The summed E-state index contributed by atoms with van der Waals surface area (Å²) in [5.74, 6) is 0. The minimum atomic E-state index is -0.0223. The molecule has 0 spiro atoms. The van der Waals surface area contributed by atoms with Crippen molar-refractivity contribution in [2.75, 3.05) is 0 Å². The van der Waals surface area contributed by atoms with Gasteiger partial charge >= 0.3 is 0 Å². The fourth-order valence-corrected chi connectivity index (χ4v) is 2.13. The fraction of sp³-hybridized carbons (Fsp3) is 1.00. The Kier molecular flexibility index (Phi) is 3.96. The molecule has 0 aromatic rings. The van der Waals surface area contributed by atoms with Crippen molar-refractivity contribution in [2.24, 2.45) is 0 Å². The summed E-state index contributed by atoms with van der Waals surface area (Å²) in [6.45, 7) is 11.0. The summed E-state index contributed by atoms with van der Waals surface area (Å²) in [5, 5.41) is 3.67. The SMILES string of the molecule is CCCC1OC(C)(C)C(C)NC1CC. The zero-order valence-electron chi connectivity index (χ0n) is 10.3. The van der Waals surface area contributed by atoms with Crippen molar-refractivity contribution in [3.8, 4) is 0 Å². The first-order valence-corrected chi connectivity index (χ1v) is 5.95. The van der Waals surface area contributed by atoms with E-state index >= 15 is 0 Å². The molecule has 1 saturated heterocycles. The topological polar surface area (TPSA) is 21.3 Å². The number of hydrogen-bond acceptors (Lipinski definition) is 2. The van der Waals surface area contributed by atoms with Crippen LogP contribution in [0.15, 0.2) is 0 Å². The molecule has 1 heterocycles. The van der Waals surface area contributed by atoms with Gasteiger partial charge in [0.1, 0.15) is 0 Å². The third kappa shape index (κ3) is 2.48. The van der Waals surface area contributed by atoms with Crippen molar-refractivity contribution in [3.63, 3.8) is 0 Å². The second-order valence-electron chi connectivity index (χ2n) is 4.95. The van der Waals surface area contributed by atoms with Crippen LogP contribution >= 0.6 is 0 Å². The van der Waals surface area contributed by atoms with Crippen LogP contribution in [0.3, 0.4) is 0 Å². The maximum absolute atomic E-state index is 6.17. The molecule has 0 aromatic carbocycles. The highest BCUT2D eigenvalue weighted by molar-refractivity contribution is 4.93. The van der Waals surface area contributed by atoms with Crippen LogP contribution in [0.4, 0.5) is 0 Å². The molecule has 0 bridgehead atoms. The Morgan fingerprint density at radius 1 is 1.29 bits per heavy atom. The molecule has 0 radical (unpaired) electrons. The zero-order chi connectivity index (χ0) is 10.8. The molecule has 0 aromatic heterocycles. The highest BCUT2D eigenvalue weighted by Gasteiger charge is 2.38. The van der Waals surface area contributed by atoms with Gasteiger partial charge in [0, 0.05) is 12.1 Å². The smallest absolute Gasteiger partial charge is 0.0780 e. The van der Waals surface area contributed by atoms with Gasteiger partial charge in [0.25, 0.3) is 0 Å². The molecule has 84 valence electrons. The Morgan fingerprint density at radius 3 is 2.43 bits per heavy atom. The van der Waals surface area contributed by atoms with E-state index in [1.807, 2.05) is 0 Å². The first kappa shape index (κ1) is 12.0. The van der Waals surface area contributed by atoms with Gasteiger partial charge in [-0.15, -0.1) is 0 Å². The lowest BCUT2D eigenvalue weighted by molar-refractivity contribution is -0.140. The van der Waals surface area contributed by atoms with Crippen molar-refractivity contribution in [2.45, 2.75) is 77.7 Å². The lowest BCUT2D eigenvalue weighted by Crippen LogP contribution is -2.61. The predicted molar refractivity (Wildman–Crippen MR) is 60.5 cm³/mol. The van der Waals surface area contributed by atoms with E-state index in [1.165, 1.54) is 12.8 Å². The summed E-state index contributed by atoms with van der Waals surface area (Å²) in [6, 6.07) is 0.985. The highest BCUT2D eigenvalue weighted by Crippen LogP contribution is 2.27. The quantitative estimate of drug-likeness (QED) is 0.754. The normalized spacial score (nSPS) is 37.1. The van der Waals surface area contributed by atoms with Gasteiger partial charge in [-0.25, -0.2) is 0 Å². The van der Waals surface area contributed by atoms with E-state index in [4.69, 9.17) is 4.74 Å². The van der Waals surface area contributed by atoms with Gasteiger partial charge in [-0.3, -0.25) is 0 Å². The van der Waals surface area contributed by atoms with Crippen molar-refractivity contribution in [1.82, 2.24) is 5.32 Å². The van der Waals surface area contributed by atoms with Gasteiger partial charge in [0.05, 0.1) is 11.7 Å². The van der Waals surface area contributed by atoms with Crippen molar-refractivity contribution in [1.29, 1.82) is 0 Å². The van der Waals surface area contributed by atoms with Gasteiger partial charge in [-0.1, -0.05) is 20.3 Å². The molecular weight excluding hydrogens is 174 g/mol. The summed E-state index contributed by atoms with van der Waals surface area (Å²) in [6.07, 6.45) is 3.93. The monoisotopic (exact) mass is 199 g/mol. The Morgan fingerprint density at radius 2 is 1.93 bits per heavy atom. The first-order valence-electron chi connectivity index (χ1n) is 5.95. The van der Waals surface area contributed by atoms with Crippen molar-refractivity contribution >= 4 is 0 Å². The molecule has 0 aliphatic carbocycles. The number of ether oxygens (including phenoxy) is 1. The molecule has 1 fully saturated rings. The van der Waals surface area contributed by atoms with E-state index in [0.29, 0.717) is 18.2 Å². The minimum Gasteiger partial charge on any atom is -0.369 e. The zero-order valence-corrected chi connectivity index (χ0v) is 10.3. The Balaban J connectivity index is 2.64. The average molecular weight is 199 g/mol. The maximum Gasteiger partial charge on any atom is 0.0780 e. The van der Waals surface area contributed by atoms with Gasteiger partial charge in [0.2, 0.25) is 0 Å². The van der Waals surface area contributed by atoms with E-state index in [-0.39, 0.29) is 5.60 Å². The second kappa shape index (κ2) is 4.63. The Hall–Kier alpha value is -0.0800. The summed E-state index contributed by atoms with van der Waals surface area (Å²) in [4.78, 5) is 0. The first-order chi connectivity index (χ1) is 6.51. The lowest BCUT2D eigenvalue weighted by atomic mass is 9.91. The van der Waals surface area contributed by atoms with Gasteiger partial charge in [-0.05, 0) is 33.6 Å². The van der Waals surface area contributed by atoms with E-state index in [1.54, 1.807) is 0 Å². The van der Waals surface area contributed by atoms with Gasteiger partial charge in [0.15, 0.2) is 0 Å². The standard InChI is InChI=1S/C12H25NO/c1-6-8-11-10(7-2)13-9(3)12(4,5)14-11/h9-11,13H,6-8H2,1-5H3. The molecule has 1 N–H and O–H groups in total. The number of morpholine rings is 1. The van der Waals surface area contributed by atoms with Crippen molar-refractivity contribution in [3.05, 3.63) is 0 Å². The molecule has 1 aliphatic rings. The third-order valence-electron chi connectivity index (χ3n) is 3.42. The molecular formula is C12H25NO. The maximum atomic E-state index is 6.17. The lowest BCUT2D eigenvalue weighted by Gasteiger charge is -2.46. The molecule has 3 unspecified atom stereocenters. The molecule has 1 rings (SSSR count). The van der Waals surface area contributed by atoms with Crippen LogP contribution in [0.1, 0.15) is 53.9 Å². The van der Waals surface area contributed by atoms with Gasteiger partial charge in [-0.2, -0.15) is 0 Å². The number of nitrogens with one attached hydrogen (secondary N) is 1. The van der Waals surface area contributed by atoms with Crippen LogP contribution in [0, 0.1) is 0 Å². The van der Waals surface area contributed by atoms with E-state index in [0.717, 1.165) is 6.42 Å². The van der Waals surface area contributed by atoms with Crippen LogP contribution in [-0.4, -0.2) is 23.8 Å². The third-order valence-corrected chi connectivity index (χ3v) is 3.42. The average Bonchev–Trinajstić information content (AvgIpc) is 2.11. The highest BCUT2D eigenvalue weighted by atomic mass is 16.5.